The molecule has 0 saturated carbocycles. The van der Waals surface area contributed by atoms with Gasteiger partial charge in [0.2, 0.25) is 17.0 Å². The fraction of sp³-hybridized carbons (Fsp3) is 0.571. The summed E-state index contributed by atoms with van der Waals surface area (Å²) in [5.41, 5.74) is 0.538. The molecule has 13 nitrogen and oxygen atoms in total. The lowest BCUT2D eigenvalue weighted by molar-refractivity contribution is -0.267. The summed E-state index contributed by atoms with van der Waals surface area (Å²) in [4.78, 5) is 39.7. The summed E-state index contributed by atoms with van der Waals surface area (Å²) in [6.45, 7) is 7.40. The second-order valence-corrected chi connectivity index (χ2v) is 11.3. The molecule has 0 spiro atoms. The van der Waals surface area contributed by atoms with Crippen LogP contribution in [0.3, 0.4) is 0 Å². The number of quaternary nitrogens is 1. The minimum Gasteiger partial charge on any atom is -0.493 e. The molecule has 6 rings (SSSR count). The molecule has 4 aliphatic rings. The van der Waals surface area contributed by atoms with Crippen LogP contribution >= 0.6 is 0 Å². The van der Waals surface area contributed by atoms with Crippen molar-refractivity contribution in [3.8, 4) is 17.2 Å². The Morgan fingerprint density at radius 2 is 1.76 bits per heavy atom. The number of benzene rings is 2. The molecule has 0 bridgehead atoms. The summed E-state index contributed by atoms with van der Waals surface area (Å²) in [7, 11) is 3.65. The Morgan fingerprint density at radius 1 is 1.00 bits per heavy atom. The van der Waals surface area contributed by atoms with Gasteiger partial charge in [0, 0.05) is 43.5 Å². The number of rotatable bonds is 10. The quantitative estimate of drug-likeness (QED) is 0.339. The average molecular weight is 569 g/mol. The maximum absolute atomic E-state index is 13.5. The van der Waals surface area contributed by atoms with Crippen LogP contribution in [0, 0.1) is 9.81 Å². The van der Waals surface area contributed by atoms with E-state index in [1.807, 2.05) is 12.1 Å². The van der Waals surface area contributed by atoms with Crippen molar-refractivity contribution in [3.05, 3.63) is 51.8 Å². The van der Waals surface area contributed by atoms with E-state index in [0.29, 0.717) is 54.7 Å². The number of hydrogen-bond donors (Lipinski definition) is 1. The highest BCUT2D eigenvalue weighted by Crippen LogP contribution is 2.52. The van der Waals surface area contributed by atoms with Crippen LogP contribution in [0.5, 0.6) is 17.2 Å². The van der Waals surface area contributed by atoms with E-state index < -0.39 is 16.5 Å². The number of ether oxygens (including phenoxy) is 3. The highest BCUT2D eigenvalue weighted by Gasteiger charge is 2.66. The predicted octanol–water partition coefficient (Wildman–Crippen LogP) is 2.97. The molecule has 41 heavy (non-hydrogen) atoms. The molecule has 2 aromatic carbocycles. The Bertz CT molecular complexity index is 1270. The third-order valence-corrected chi connectivity index (χ3v) is 8.65. The number of nitrogens with zero attached hydrogens (tertiary/aromatic N) is 6. The van der Waals surface area contributed by atoms with Gasteiger partial charge in [0.05, 0.1) is 31.5 Å². The lowest BCUT2D eigenvalue weighted by Crippen LogP contribution is -2.75. The molecule has 2 saturated heterocycles. The van der Waals surface area contributed by atoms with Gasteiger partial charge in [-0.05, 0) is 43.9 Å². The molecule has 2 aromatic rings. The van der Waals surface area contributed by atoms with E-state index in [4.69, 9.17) is 19.0 Å². The molecule has 1 N–H and O–H groups in total. The summed E-state index contributed by atoms with van der Waals surface area (Å²) < 4.78 is 17.2. The number of hydroxylamine groups is 1. The maximum Gasteiger partial charge on any atom is 0.279 e. The second kappa shape index (κ2) is 11.5. The average Bonchev–Trinajstić information content (AvgIpc) is 2.99. The van der Waals surface area contributed by atoms with Crippen molar-refractivity contribution in [2.75, 3.05) is 91.6 Å². The Hall–Kier alpha value is -3.36. The zero-order valence-electron chi connectivity index (χ0n) is 23.7. The molecule has 3 unspecified atom stereocenters. The zero-order valence-corrected chi connectivity index (χ0v) is 23.7. The van der Waals surface area contributed by atoms with Crippen LogP contribution < -0.4 is 24.3 Å². The summed E-state index contributed by atoms with van der Waals surface area (Å²) >= 11 is 0. The number of nitrogens with one attached hydrogen (secondary N) is 1. The van der Waals surface area contributed by atoms with E-state index in [1.54, 1.807) is 31.4 Å². The SMILES string of the molecule is COc1cccc2c1OCC(CN1CCC1)(CN1CCN(C)CC1)[N+]2(N=O)OC(N=O)c1cccc2c1OCCN2. The number of likely N-dealkylation sites (N-methyl/N-ethyl adjacent to an activating group) is 1. The van der Waals surface area contributed by atoms with E-state index >= 15 is 0 Å². The van der Waals surface area contributed by atoms with Crippen molar-refractivity contribution in [3.63, 3.8) is 0 Å². The van der Waals surface area contributed by atoms with Crippen molar-refractivity contribution < 1.29 is 19.0 Å². The first-order valence-corrected chi connectivity index (χ1v) is 14.2. The first kappa shape index (κ1) is 27.8. The number of fused-ring (bicyclic) bond motifs is 2. The molecular weight excluding hydrogens is 530 g/mol. The fourth-order valence-electron chi connectivity index (χ4n) is 6.29. The third-order valence-electron chi connectivity index (χ3n) is 8.65. The lowest BCUT2D eigenvalue weighted by atomic mass is 9.92. The van der Waals surface area contributed by atoms with Gasteiger partial charge in [-0.25, -0.2) is 0 Å². The summed E-state index contributed by atoms with van der Waals surface area (Å²) in [5.74, 6) is 1.30. The minimum absolute atomic E-state index is 0.130. The monoisotopic (exact) mass is 568 g/mol. The number of methoxy groups -OCH3 is 1. The van der Waals surface area contributed by atoms with Gasteiger partial charge in [-0.2, -0.15) is 0 Å². The van der Waals surface area contributed by atoms with Gasteiger partial charge >= 0.3 is 0 Å². The van der Waals surface area contributed by atoms with Gasteiger partial charge in [-0.15, -0.1) is 9.74 Å². The molecule has 4 aliphatic heterocycles. The van der Waals surface area contributed by atoms with Crippen LogP contribution in [0.1, 0.15) is 18.2 Å². The highest BCUT2D eigenvalue weighted by molar-refractivity contribution is 5.65. The minimum atomic E-state index is -1.39. The number of para-hydroxylation sites is 2. The topological polar surface area (TPSA) is 118 Å². The summed E-state index contributed by atoms with van der Waals surface area (Å²) in [6.07, 6.45) is -0.313. The van der Waals surface area contributed by atoms with Crippen molar-refractivity contribution in [2.45, 2.75) is 18.2 Å². The first-order chi connectivity index (χ1) is 20.0. The number of anilines is 1. The van der Waals surface area contributed by atoms with Crippen LogP contribution in [-0.4, -0.2) is 107 Å². The van der Waals surface area contributed by atoms with Crippen molar-refractivity contribution in [2.24, 2.45) is 10.5 Å². The molecule has 220 valence electrons. The van der Waals surface area contributed by atoms with Crippen molar-refractivity contribution >= 4 is 11.4 Å². The van der Waals surface area contributed by atoms with Crippen LogP contribution in [0.25, 0.3) is 0 Å². The largest absolute Gasteiger partial charge is 0.493 e. The Labute approximate surface area is 239 Å². The highest BCUT2D eigenvalue weighted by atomic mass is 16.8. The van der Waals surface area contributed by atoms with Gasteiger partial charge < -0.3 is 24.4 Å². The molecule has 0 radical (unpaired) electrons. The molecule has 0 aromatic heterocycles. The Kier molecular flexibility index (Phi) is 7.79. The first-order valence-electron chi connectivity index (χ1n) is 14.2. The van der Waals surface area contributed by atoms with E-state index in [9.17, 15) is 9.81 Å². The van der Waals surface area contributed by atoms with Gasteiger partial charge in [-0.3, -0.25) is 9.80 Å². The van der Waals surface area contributed by atoms with Crippen molar-refractivity contribution in [1.82, 2.24) is 19.5 Å². The van der Waals surface area contributed by atoms with Crippen molar-refractivity contribution in [1.29, 1.82) is 0 Å². The molecule has 3 atom stereocenters. The molecule has 0 amide bonds. The molecule has 0 aliphatic carbocycles. The van der Waals surface area contributed by atoms with E-state index in [1.165, 1.54) is 0 Å². The number of likely N-dealkylation sites (tertiary alicyclic amines) is 1. The van der Waals surface area contributed by atoms with Gasteiger partial charge in [0.15, 0.2) is 23.4 Å². The van der Waals surface area contributed by atoms with E-state index in [0.717, 1.165) is 51.4 Å². The standard InChI is InChI=1S/C28H38N7O6/c1-32-13-15-34(16-14-32)19-28(18-33-11-5-12-33)20-40-26-23(8-4-9-24(26)38-2)35(28,31-37)41-27(30-36)21-6-3-7-22-25(21)39-17-10-29-22/h3-4,6-9,27,29H,5,10-20H2,1-2H3/q+1. The summed E-state index contributed by atoms with van der Waals surface area (Å²) in [5, 5.41) is 10.5. The summed E-state index contributed by atoms with van der Waals surface area (Å²) in [6, 6.07) is 10.7. The van der Waals surface area contributed by atoms with Crippen LogP contribution in [0.2, 0.25) is 0 Å². The second-order valence-electron chi connectivity index (χ2n) is 11.3. The van der Waals surface area contributed by atoms with Gasteiger partial charge in [0.25, 0.3) is 6.23 Å². The normalized spacial score (nSPS) is 27.2. The smallest absolute Gasteiger partial charge is 0.279 e. The molecular formula is C28H38N7O6+. The number of nitroso groups, excluding NO2 is 2. The van der Waals surface area contributed by atoms with Crippen LogP contribution in [-0.2, 0) is 4.84 Å². The molecule has 13 heteroatoms. The van der Waals surface area contributed by atoms with Gasteiger partial charge in [-0.1, -0.05) is 23.1 Å². The third kappa shape index (κ3) is 4.91. The van der Waals surface area contributed by atoms with Crippen LogP contribution in [0.4, 0.5) is 11.4 Å². The Balaban J connectivity index is 1.49. The Morgan fingerprint density at radius 3 is 2.44 bits per heavy atom. The number of piperazine rings is 1. The van der Waals surface area contributed by atoms with Gasteiger partial charge in [0.1, 0.15) is 6.61 Å². The van der Waals surface area contributed by atoms with Crippen LogP contribution in [0.15, 0.2) is 46.9 Å². The fourth-order valence-corrected chi connectivity index (χ4v) is 6.29. The number of hydrogen-bond acceptors (Lipinski definition) is 12. The molecule has 4 heterocycles. The molecule has 2 fully saturated rings. The van der Waals surface area contributed by atoms with E-state index in [2.05, 4.69) is 37.5 Å². The maximum atomic E-state index is 13.5. The zero-order chi connectivity index (χ0) is 28.5. The van der Waals surface area contributed by atoms with E-state index in [-0.39, 0.29) is 6.61 Å². The lowest BCUT2D eigenvalue weighted by Gasteiger charge is -2.51. The predicted molar refractivity (Wildman–Crippen MR) is 154 cm³/mol.